The van der Waals surface area contributed by atoms with E-state index < -0.39 is 52.4 Å². The molecule has 0 aromatic heterocycles. The number of halogens is 1. The minimum absolute atomic E-state index is 0.0258. The second-order valence-corrected chi connectivity index (χ2v) is 10.1. The molecule has 192 valence electrons. The molecule has 3 amide bonds. The van der Waals surface area contributed by atoms with E-state index in [0.29, 0.717) is 17.2 Å². The Bertz CT molecular complexity index is 1150. The Kier molecular flexibility index (Phi) is 8.52. The highest BCUT2D eigenvalue weighted by Crippen LogP contribution is 2.34. The van der Waals surface area contributed by atoms with Crippen LogP contribution in [0.5, 0.6) is 11.5 Å². The number of ether oxygens (including phenoxy) is 2. The Morgan fingerprint density at radius 3 is 2.50 bits per heavy atom. The number of hydrogen-bond acceptors (Lipinski definition) is 6. The molecule has 4 rings (SSSR count). The van der Waals surface area contributed by atoms with Crippen LogP contribution in [-0.4, -0.2) is 52.8 Å². The van der Waals surface area contributed by atoms with Gasteiger partial charge in [0.1, 0.15) is 23.9 Å². The van der Waals surface area contributed by atoms with Crippen molar-refractivity contribution in [2.24, 2.45) is 0 Å². The molecule has 2 aliphatic rings. The molecule has 2 aromatic rings. The van der Waals surface area contributed by atoms with Gasteiger partial charge >= 0.3 is 0 Å². The van der Waals surface area contributed by atoms with Crippen LogP contribution in [0.4, 0.5) is 15.8 Å². The van der Waals surface area contributed by atoms with Crippen molar-refractivity contribution >= 4 is 39.9 Å². The summed E-state index contributed by atoms with van der Waals surface area (Å²) >= 11 is 0. The number of amides is 3. The molecule has 2 aromatic carbocycles. The van der Waals surface area contributed by atoms with E-state index in [1.807, 2.05) is 0 Å². The maximum atomic E-state index is 14.5. The summed E-state index contributed by atoms with van der Waals surface area (Å²) in [6, 6.07) is 10.5. The molecule has 1 atom stereocenters. The van der Waals surface area contributed by atoms with Crippen LogP contribution in [0.15, 0.2) is 42.5 Å². The average molecular weight is 518 g/mol. The molecule has 0 radical (unpaired) electrons. The van der Waals surface area contributed by atoms with Gasteiger partial charge in [0.05, 0.1) is 5.69 Å². The molecule has 36 heavy (non-hydrogen) atoms. The van der Waals surface area contributed by atoms with Crippen LogP contribution >= 0.6 is 0 Å². The van der Waals surface area contributed by atoms with E-state index in [1.165, 1.54) is 18.2 Å². The highest BCUT2D eigenvalue weighted by Gasteiger charge is 2.26. The van der Waals surface area contributed by atoms with Crippen LogP contribution < -0.4 is 25.0 Å². The van der Waals surface area contributed by atoms with Crippen LogP contribution in [0.3, 0.4) is 0 Å². The van der Waals surface area contributed by atoms with E-state index in [2.05, 4.69) is 10.6 Å². The Labute approximate surface area is 210 Å². The fourth-order valence-corrected chi connectivity index (χ4v) is 5.12. The molecule has 1 aliphatic heterocycles. The molecule has 9 nitrogen and oxygen atoms in total. The second-order valence-electron chi connectivity index (χ2n) is 8.68. The first-order valence-electron chi connectivity index (χ1n) is 11.8. The highest BCUT2D eigenvalue weighted by molar-refractivity contribution is 7.86. The van der Waals surface area contributed by atoms with Gasteiger partial charge < -0.3 is 20.1 Å². The molecule has 1 saturated carbocycles. The highest BCUT2D eigenvalue weighted by atomic mass is 32.2. The zero-order chi connectivity index (χ0) is 25.5. The number of rotatable bonds is 9. The van der Waals surface area contributed by atoms with Crippen molar-refractivity contribution in [1.82, 2.24) is 5.32 Å². The van der Waals surface area contributed by atoms with Crippen LogP contribution in [0.2, 0.25) is 0 Å². The minimum atomic E-state index is -1.89. The zero-order valence-electron chi connectivity index (χ0n) is 19.7. The third kappa shape index (κ3) is 6.81. The van der Waals surface area contributed by atoms with E-state index in [1.54, 1.807) is 24.3 Å². The molecule has 11 heteroatoms. The molecule has 1 aliphatic carbocycles. The van der Waals surface area contributed by atoms with Gasteiger partial charge in [0.2, 0.25) is 24.5 Å². The number of anilines is 2. The standard InChI is InChI=1S/C25H28FN3O6S/c26-19-8-4-5-9-20(19)29(13-23(30)27-17-6-2-1-3-7-17)25(32)15-36(33)14-24(31)28-18-10-11-21-22(12-18)35-16-34-21/h4-5,8-12,17H,1-3,6-7,13-16H2,(H,27,30)(H,28,31). The Morgan fingerprint density at radius 2 is 1.72 bits per heavy atom. The van der Waals surface area contributed by atoms with Gasteiger partial charge in [-0.2, -0.15) is 0 Å². The lowest BCUT2D eigenvalue weighted by molar-refractivity contribution is -0.123. The van der Waals surface area contributed by atoms with Gasteiger partial charge in [-0.25, -0.2) is 4.39 Å². The molecule has 0 bridgehead atoms. The summed E-state index contributed by atoms with van der Waals surface area (Å²) in [7, 11) is -1.89. The molecule has 1 heterocycles. The van der Waals surface area contributed by atoms with Gasteiger partial charge in [0.25, 0.3) is 0 Å². The number of benzene rings is 2. The number of fused-ring (bicyclic) bond motifs is 1. The molecule has 0 saturated heterocycles. The molecule has 1 unspecified atom stereocenters. The molecular weight excluding hydrogens is 489 g/mol. The fourth-order valence-electron chi connectivity index (χ4n) is 4.23. The monoisotopic (exact) mass is 517 g/mol. The topological polar surface area (TPSA) is 114 Å². The van der Waals surface area contributed by atoms with E-state index in [4.69, 9.17) is 9.47 Å². The maximum absolute atomic E-state index is 14.5. The first kappa shape index (κ1) is 25.6. The number of nitrogens with one attached hydrogen (secondary N) is 2. The van der Waals surface area contributed by atoms with E-state index >= 15 is 0 Å². The van der Waals surface area contributed by atoms with Crippen molar-refractivity contribution in [2.75, 3.05) is 35.1 Å². The van der Waals surface area contributed by atoms with Crippen molar-refractivity contribution < 1.29 is 32.5 Å². The minimum Gasteiger partial charge on any atom is -0.454 e. The van der Waals surface area contributed by atoms with Gasteiger partial charge in [-0.05, 0) is 37.1 Å². The average Bonchev–Trinajstić information content (AvgIpc) is 3.31. The molecule has 0 spiro atoms. The fraction of sp³-hybridized carbons (Fsp3) is 0.400. The van der Waals surface area contributed by atoms with Crippen molar-refractivity contribution in [1.29, 1.82) is 0 Å². The summed E-state index contributed by atoms with van der Waals surface area (Å²) in [5, 5.41) is 5.52. The normalized spacial score (nSPS) is 15.7. The Balaban J connectivity index is 1.36. The van der Waals surface area contributed by atoms with Crippen molar-refractivity contribution in [3.8, 4) is 11.5 Å². The summed E-state index contributed by atoms with van der Waals surface area (Å²) in [5.41, 5.74) is 0.350. The lowest BCUT2D eigenvalue weighted by atomic mass is 9.95. The van der Waals surface area contributed by atoms with Crippen molar-refractivity contribution in [3.63, 3.8) is 0 Å². The summed E-state index contributed by atoms with van der Waals surface area (Å²) in [4.78, 5) is 39.1. The predicted octanol–water partition coefficient (Wildman–Crippen LogP) is 2.72. The summed E-state index contributed by atoms with van der Waals surface area (Å²) in [6.45, 7) is -0.313. The summed E-state index contributed by atoms with van der Waals surface area (Å²) in [6.07, 6.45) is 4.90. The quantitative estimate of drug-likeness (QED) is 0.529. The van der Waals surface area contributed by atoms with E-state index in [0.717, 1.165) is 37.0 Å². The van der Waals surface area contributed by atoms with Gasteiger partial charge in [-0.15, -0.1) is 0 Å². The van der Waals surface area contributed by atoms with Gasteiger partial charge in [0.15, 0.2) is 11.5 Å². The predicted molar refractivity (Wildman–Crippen MR) is 133 cm³/mol. The number of hydrogen-bond donors (Lipinski definition) is 2. The Morgan fingerprint density at radius 1 is 0.972 bits per heavy atom. The zero-order valence-corrected chi connectivity index (χ0v) is 20.5. The third-order valence-corrected chi connectivity index (χ3v) is 7.10. The number of nitrogens with zero attached hydrogens (tertiary/aromatic N) is 1. The van der Waals surface area contributed by atoms with Crippen LogP contribution in [-0.2, 0) is 25.2 Å². The first-order valence-corrected chi connectivity index (χ1v) is 13.3. The number of para-hydroxylation sites is 1. The van der Waals surface area contributed by atoms with Gasteiger partial charge in [-0.3, -0.25) is 23.5 Å². The molecular formula is C25H28FN3O6S. The maximum Gasteiger partial charge on any atom is 0.240 e. The van der Waals surface area contributed by atoms with Crippen LogP contribution in [0.1, 0.15) is 32.1 Å². The van der Waals surface area contributed by atoms with Crippen molar-refractivity contribution in [3.05, 3.63) is 48.3 Å². The first-order chi connectivity index (χ1) is 17.4. The molecule has 2 N–H and O–H groups in total. The Hall–Kier alpha value is -3.47. The van der Waals surface area contributed by atoms with Crippen molar-refractivity contribution in [2.45, 2.75) is 38.1 Å². The van der Waals surface area contributed by atoms with Gasteiger partial charge in [-0.1, -0.05) is 31.4 Å². The van der Waals surface area contributed by atoms with E-state index in [9.17, 15) is 23.0 Å². The van der Waals surface area contributed by atoms with Gasteiger partial charge in [0, 0.05) is 28.6 Å². The van der Waals surface area contributed by atoms with Crippen LogP contribution in [0, 0.1) is 5.82 Å². The third-order valence-electron chi connectivity index (χ3n) is 5.95. The largest absolute Gasteiger partial charge is 0.454 e. The van der Waals surface area contributed by atoms with E-state index in [-0.39, 0.29) is 18.5 Å². The summed E-state index contributed by atoms with van der Waals surface area (Å²) in [5.74, 6) is -2.31. The lowest BCUT2D eigenvalue weighted by Crippen LogP contribution is -2.46. The number of carbonyl (C=O) groups excluding carboxylic acids is 3. The lowest BCUT2D eigenvalue weighted by Gasteiger charge is -2.26. The van der Waals surface area contributed by atoms with Crippen LogP contribution in [0.25, 0.3) is 0 Å². The SMILES string of the molecule is O=C(CS(=O)CC(=O)N(CC(=O)NC1CCCCC1)c1ccccc1F)Nc1ccc2c(c1)OCO2. The molecule has 1 fully saturated rings. The smallest absolute Gasteiger partial charge is 0.240 e. The summed E-state index contributed by atoms with van der Waals surface area (Å²) < 4.78 is 37.6. The second kappa shape index (κ2) is 12.0. The number of carbonyl (C=O) groups is 3.